The second kappa shape index (κ2) is 6.97. The number of rotatable bonds is 5. The summed E-state index contributed by atoms with van der Waals surface area (Å²) in [5, 5.41) is 15.5. The Kier molecular flexibility index (Phi) is 4.58. The molecular weight excluding hydrogens is 314 g/mol. The lowest BCUT2D eigenvalue weighted by Crippen LogP contribution is -2.20. The Morgan fingerprint density at radius 3 is 3.00 bits per heavy atom. The van der Waals surface area contributed by atoms with Gasteiger partial charge in [-0.15, -0.1) is 5.75 Å². The maximum atomic E-state index is 11.7. The fraction of sp³-hybridized carbons (Fsp3) is 0.0625. The lowest BCUT2D eigenvalue weighted by molar-refractivity contribution is -0.411. The highest BCUT2D eigenvalue weighted by Gasteiger charge is 2.14. The first-order valence-corrected chi connectivity index (χ1v) is 7.82. The first kappa shape index (κ1) is 15.1. The van der Waals surface area contributed by atoms with E-state index in [2.05, 4.69) is 15.5 Å². The van der Waals surface area contributed by atoms with Gasteiger partial charge in [0.2, 0.25) is 11.1 Å². The predicted molar refractivity (Wildman–Crippen MR) is 85.1 cm³/mol. The lowest BCUT2D eigenvalue weighted by atomic mass is 10.2. The largest absolute Gasteiger partial charge is 0.872 e. The number of nitrogens with zero attached hydrogens (tertiary/aromatic N) is 1. The SMILES string of the molecule is O=C(CSc1[nH+]c2ccccc2o1)N/N=C/c1cccc([O-])c1. The van der Waals surface area contributed by atoms with Crippen LogP contribution in [-0.2, 0) is 4.79 Å². The average Bonchev–Trinajstić information content (AvgIpc) is 2.96. The van der Waals surface area contributed by atoms with E-state index >= 15 is 0 Å². The number of thioether (sulfide) groups is 1. The van der Waals surface area contributed by atoms with E-state index in [0.717, 1.165) is 11.1 Å². The van der Waals surface area contributed by atoms with Crippen molar-refractivity contribution in [2.45, 2.75) is 5.22 Å². The molecule has 0 atom stereocenters. The van der Waals surface area contributed by atoms with Crippen LogP contribution in [0.3, 0.4) is 0 Å². The number of benzene rings is 2. The smallest absolute Gasteiger partial charge is 0.411 e. The van der Waals surface area contributed by atoms with Crippen LogP contribution >= 0.6 is 11.8 Å². The van der Waals surface area contributed by atoms with Crippen LogP contribution in [0.5, 0.6) is 5.75 Å². The van der Waals surface area contributed by atoms with E-state index in [-0.39, 0.29) is 17.4 Å². The van der Waals surface area contributed by atoms with Crippen molar-refractivity contribution in [3.8, 4) is 5.75 Å². The number of aromatic amines is 1. The molecule has 6 nitrogen and oxygen atoms in total. The molecular formula is C16H13N3O3S. The van der Waals surface area contributed by atoms with Crippen molar-refractivity contribution in [2.75, 3.05) is 5.75 Å². The van der Waals surface area contributed by atoms with Gasteiger partial charge in [0.05, 0.1) is 12.0 Å². The van der Waals surface area contributed by atoms with Crippen LogP contribution in [0.15, 0.2) is 63.3 Å². The van der Waals surface area contributed by atoms with Gasteiger partial charge in [-0.3, -0.25) is 4.79 Å². The Hall–Kier alpha value is -2.80. The zero-order chi connectivity index (χ0) is 16.1. The summed E-state index contributed by atoms with van der Waals surface area (Å²) in [5.41, 5.74) is 4.66. The molecule has 3 rings (SSSR count). The van der Waals surface area contributed by atoms with E-state index in [1.165, 1.54) is 30.1 Å². The zero-order valence-electron chi connectivity index (χ0n) is 12.0. The Bertz CT molecular complexity index is 827. The molecule has 0 spiro atoms. The monoisotopic (exact) mass is 327 g/mol. The second-order valence-corrected chi connectivity index (χ2v) is 5.61. The molecule has 7 heteroatoms. The predicted octanol–water partition coefficient (Wildman–Crippen LogP) is 1.56. The maximum Gasteiger partial charge on any atom is 0.411 e. The molecule has 23 heavy (non-hydrogen) atoms. The summed E-state index contributed by atoms with van der Waals surface area (Å²) in [5.74, 6) is -0.204. The molecule has 2 N–H and O–H groups in total. The van der Waals surface area contributed by atoms with Crippen molar-refractivity contribution < 1.29 is 19.3 Å². The molecule has 0 aliphatic carbocycles. The number of nitrogens with one attached hydrogen (secondary N) is 2. The van der Waals surface area contributed by atoms with Crippen molar-refractivity contribution in [3.63, 3.8) is 0 Å². The number of fused-ring (bicyclic) bond motifs is 1. The molecule has 0 bridgehead atoms. The van der Waals surface area contributed by atoms with Gasteiger partial charge in [0.25, 0.3) is 5.91 Å². The van der Waals surface area contributed by atoms with Crippen LogP contribution in [0.25, 0.3) is 11.1 Å². The standard InChI is InChI=1S/C16H13N3O3S/c20-12-5-3-4-11(8-12)9-17-19-15(21)10-23-16-18-13-6-1-2-7-14(13)22-16/h1-9,20H,10H2,(H,19,21)/b17-9+. The fourth-order valence-electron chi connectivity index (χ4n) is 1.90. The van der Waals surface area contributed by atoms with E-state index in [9.17, 15) is 9.90 Å². The quantitative estimate of drug-likeness (QED) is 0.437. The molecule has 3 aromatic rings. The van der Waals surface area contributed by atoms with Crippen molar-refractivity contribution in [3.05, 3.63) is 54.1 Å². The topological polar surface area (TPSA) is 91.8 Å². The summed E-state index contributed by atoms with van der Waals surface area (Å²) in [6.07, 6.45) is 1.43. The summed E-state index contributed by atoms with van der Waals surface area (Å²) in [4.78, 5) is 14.8. The molecule has 1 heterocycles. The van der Waals surface area contributed by atoms with E-state index in [1.54, 1.807) is 12.1 Å². The van der Waals surface area contributed by atoms with Crippen molar-refractivity contribution in [2.24, 2.45) is 5.10 Å². The highest BCUT2D eigenvalue weighted by atomic mass is 32.2. The van der Waals surface area contributed by atoms with E-state index < -0.39 is 0 Å². The number of H-pyrrole nitrogens is 1. The first-order chi connectivity index (χ1) is 11.2. The number of hydrazone groups is 1. The van der Waals surface area contributed by atoms with Gasteiger partial charge in [-0.05, 0) is 23.4 Å². The Morgan fingerprint density at radius 1 is 1.30 bits per heavy atom. The highest BCUT2D eigenvalue weighted by molar-refractivity contribution is 7.99. The van der Waals surface area contributed by atoms with Crippen LogP contribution in [-0.4, -0.2) is 17.9 Å². The molecule has 0 aliphatic heterocycles. The third-order valence-electron chi connectivity index (χ3n) is 2.92. The Labute approximate surface area is 136 Å². The maximum absolute atomic E-state index is 11.7. The summed E-state index contributed by atoms with van der Waals surface area (Å²) in [6.45, 7) is 0. The van der Waals surface area contributed by atoms with Crippen LogP contribution in [0.1, 0.15) is 5.56 Å². The van der Waals surface area contributed by atoms with Crippen molar-refractivity contribution >= 4 is 35.0 Å². The number of amides is 1. The summed E-state index contributed by atoms with van der Waals surface area (Å²) < 4.78 is 5.56. The normalized spacial score (nSPS) is 11.1. The third-order valence-corrected chi connectivity index (χ3v) is 3.78. The van der Waals surface area contributed by atoms with Crippen molar-refractivity contribution in [1.29, 1.82) is 0 Å². The van der Waals surface area contributed by atoms with E-state index in [0.29, 0.717) is 10.8 Å². The van der Waals surface area contributed by atoms with E-state index in [1.807, 2.05) is 24.3 Å². The minimum absolute atomic E-state index is 0.101. The molecule has 2 aromatic carbocycles. The second-order valence-electron chi connectivity index (χ2n) is 4.67. The van der Waals surface area contributed by atoms with Crippen LogP contribution in [0, 0.1) is 0 Å². The Morgan fingerprint density at radius 2 is 2.17 bits per heavy atom. The minimum atomic E-state index is -0.265. The third kappa shape index (κ3) is 4.10. The average molecular weight is 327 g/mol. The molecule has 0 saturated carbocycles. The van der Waals surface area contributed by atoms with Gasteiger partial charge < -0.3 is 9.52 Å². The number of hydrogen-bond acceptors (Lipinski definition) is 5. The summed E-state index contributed by atoms with van der Waals surface area (Å²) >= 11 is 1.24. The first-order valence-electron chi connectivity index (χ1n) is 6.83. The van der Waals surface area contributed by atoms with Gasteiger partial charge in [0, 0.05) is 6.07 Å². The van der Waals surface area contributed by atoms with Gasteiger partial charge in [0.1, 0.15) is 0 Å². The van der Waals surface area contributed by atoms with Gasteiger partial charge in [-0.25, -0.2) is 5.43 Å². The number of para-hydroxylation sites is 2. The van der Waals surface area contributed by atoms with Crippen LogP contribution in [0.4, 0.5) is 0 Å². The number of carbonyl (C=O) groups is 1. The van der Waals surface area contributed by atoms with Crippen LogP contribution in [0.2, 0.25) is 0 Å². The molecule has 0 unspecified atom stereocenters. The number of oxazole rings is 1. The molecule has 0 radical (unpaired) electrons. The van der Waals surface area contributed by atoms with Gasteiger partial charge >= 0.3 is 5.22 Å². The molecule has 116 valence electrons. The zero-order valence-corrected chi connectivity index (χ0v) is 12.8. The molecule has 0 aliphatic rings. The summed E-state index contributed by atoms with van der Waals surface area (Å²) in [6, 6.07) is 13.8. The highest BCUT2D eigenvalue weighted by Crippen LogP contribution is 2.18. The van der Waals surface area contributed by atoms with E-state index in [4.69, 9.17) is 4.42 Å². The summed E-state index contributed by atoms with van der Waals surface area (Å²) in [7, 11) is 0. The molecule has 0 fully saturated rings. The Balaban J connectivity index is 1.51. The van der Waals surface area contributed by atoms with Crippen molar-refractivity contribution in [1.82, 2.24) is 5.43 Å². The van der Waals surface area contributed by atoms with Gasteiger partial charge in [-0.2, -0.15) is 10.1 Å². The lowest BCUT2D eigenvalue weighted by Gasteiger charge is -2.03. The molecule has 1 amide bonds. The van der Waals surface area contributed by atoms with Gasteiger partial charge in [0.15, 0.2) is 0 Å². The number of carbonyl (C=O) groups excluding carboxylic acids is 1. The molecule has 0 saturated heterocycles. The number of hydrogen-bond donors (Lipinski definition) is 1. The fourth-order valence-corrected chi connectivity index (χ4v) is 2.55. The minimum Gasteiger partial charge on any atom is -0.872 e. The number of aromatic nitrogens is 1. The molecule has 1 aromatic heterocycles. The van der Waals surface area contributed by atoms with Gasteiger partial charge in [-0.1, -0.05) is 36.4 Å². The van der Waals surface area contributed by atoms with Crippen LogP contribution < -0.4 is 15.5 Å².